The summed E-state index contributed by atoms with van der Waals surface area (Å²) in [7, 11) is 0. The van der Waals surface area contributed by atoms with Gasteiger partial charge in [0, 0.05) is 49.0 Å². The van der Waals surface area contributed by atoms with Crippen molar-refractivity contribution in [2.75, 3.05) is 13.1 Å². The van der Waals surface area contributed by atoms with Crippen LogP contribution in [0.5, 0.6) is 0 Å². The molecule has 2 heterocycles. The summed E-state index contributed by atoms with van der Waals surface area (Å²) in [6.45, 7) is 0.106. The number of carboxylic acids is 2. The summed E-state index contributed by atoms with van der Waals surface area (Å²) in [5.41, 5.74) is 11.5. The molecule has 2 aromatic rings. The third-order valence-electron chi connectivity index (χ3n) is 10.7. The lowest BCUT2D eigenvalue weighted by atomic mass is 9.83. The van der Waals surface area contributed by atoms with Crippen LogP contribution in [-0.4, -0.2) is 128 Å². The Labute approximate surface area is 342 Å². The number of carbonyl (C=O) groups is 11. The summed E-state index contributed by atoms with van der Waals surface area (Å²) in [5, 5.41) is 26.6. The van der Waals surface area contributed by atoms with Gasteiger partial charge in [0.05, 0.1) is 0 Å². The van der Waals surface area contributed by atoms with E-state index >= 15 is 0 Å². The molecular formula is C40H45N7O13. The third-order valence-corrected chi connectivity index (χ3v) is 10.7. The van der Waals surface area contributed by atoms with Gasteiger partial charge in [0.1, 0.15) is 30.2 Å². The Morgan fingerprint density at radius 2 is 1.15 bits per heavy atom. The summed E-state index contributed by atoms with van der Waals surface area (Å²) < 4.78 is 0. The van der Waals surface area contributed by atoms with Crippen LogP contribution < -0.4 is 27.4 Å². The Morgan fingerprint density at radius 3 is 1.72 bits per heavy atom. The lowest BCUT2D eigenvalue weighted by Crippen LogP contribution is -2.58. The number of likely N-dealkylation sites (tertiary alicyclic amines) is 2. The van der Waals surface area contributed by atoms with Gasteiger partial charge in [-0.15, -0.1) is 0 Å². The zero-order valence-electron chi connectivity index (χ0n) is 32.3. The minimum Gasteiger partial charge on any atom is -0.481 e. The first-order valence-corrected chi connectivity index (χ1v) is 19.3. The van der Waals surface area contributed by atoms with Gasteiger partial charge in [0.2, 0.25) is 47.0 Å². The Kier molecular flexibility index (Phi) is 14.1. The minimum absolute atomic E-state index is 0.00170. The van der Waals surface area contributed by atoms with Crippen molar-refractivity contribution in [2.45, 2.75) is 94.4 Å². The van der Waals surface area contributed by atoms with Gasteiger partial charge in [-0.1, -0.05) is 24.3 Å². The van der Waals surface area contributed by atoms with Crippen molar-refractivity contribution >= 4 is 64.9 Å². The maximum Gasteiger partial charge on any atom is 0.326 e. The topological polar surface area (TPSA) is 323 Å². The van der Waals surface area contributed by atoms with Crippen molar-refractivity contribution in [1.29, 1.82) is 0 Å². The highest BCUT2D eigenvalue weighted by molar-refractivity contribution is 6.53. The highest BCUT2D eigenvalue weighted by Crippen LogP contribution is 2.34. The number of ketones is 2. The number of nitrogens with zero attached hydrogens (tertiary/aromatic N) is 2. The molecule has 0 aromatic heterocycles. The Hall–Kier alpha value is -6.99. The molecule has 2 saturated heterocycles. The number of fused-ring (bicyclic) bond motifs is 3. The van der Waals surface area contributed by atoms with Crippen molar-refractivity contribution in [2.24, 2.45) is 11.5 Å². The average Bonchev–Trinajstić information content (AvgIpc) is 3.92. The van der Waals surface area contributed by atoms with Crippen molar-refractivity contribution in [3.05, 3.63) is 59.2 Å². The first-order chi connectivity index (χ1) is 28.5. The van der Waals surface area contributed by atoms with Crippen molar-refractivity contribution in [1.82, 2.24) is 25.8 Å². The summed E-state index contributed by atoms with van der Waals surface area (Å²) >= 11 is 0. The Bertz CT molecular complexity index is 2140. The molecule has 2 fully saturated rings. The third kappa shape index (κ3) is 10.2. The summed E-state index contributed by atoms with van der Waals surface area (Å²) in [6, 6.07) is 3.45. The summed E-state index contributed by atoms with van der Waals surface area (Å²) in [4.78, 5) is 143. The normalized spacial score (nSPS) is 18.3. The first-order valence-electron chi connectivity index (χ1n) is 19.3. The maximum absolute atomic E-state index is 14.1. The van der Waals surface area contributed by atoms with Crippen molar-refractivity contribution < 1.29 is 63.0 Å². The fraction of sp³-hybridized carbons (Fsp3) is 0.425. The second kappa shape index (κ2) is 19.2. The van der Waals surface area contributed by atoms with Crippen LogP contribution in [0, 0.1) is 0 Å². The molecule has 60 heavy (non-hydrogen) atoms. The van der Waals surface area contributed by atoms with Crippen molar-refractivity contribution in [3.8, 4) is 11.1 Å². The molecule has 0 unspecified atom stereocenters. The van der Waals surface area contributed by atoms with Gasteiger partial charge in [-0.2, -0.15) is 0 Å². The second-order valence-corrected chi connectivity index (χ2v) is 14.8. The Balaban J connectivity index is 1.34. The molecule has 0 spiro atoms. The van der Waals surface area contributed by atoms with Gasteiger partial charge in [0.15, 0.2) is 0 Å². The molecule has 3 aliphatic rings. The molecule has 0 bridgehead atoms. The van der Waals surface area contributed by atoms with E-state index in [1.165, 1.54) is 24.3 Å². The lowest BCUT2D eigenvalue weighted by Gasteiger charge is -2.31. The largest absolute Gasteiger partial charge is 0.481 e. The van der Waals surface area contributed by atoms with Gasteiger partial charge in [-0.25, -0.2) is 4.79 Å². The quantitative estimate of drug-likeness (QED) is 0.0912. The van der Waals surface area contributed by atoms with Gasteiger partial charge >= 0.3 is 11.9 Å². The number of hydrogen-bond donors (Lipinski definition) is 7. The highest BCUT2D eigenvalue weighted by Gasteiger charge is 2.42. The number of carboxylic acid groups (broad SMARTS) is 2. The number of aliphatic carboxylic acids is 2. The van der Waals surface area contributed by atoms with Crippen LogP contribution in [0.15, 0.2) is 42.5 Å². The van der Waals surface area contributed by atoms with E-state index in [2.05, 4.69) is 16.0 Å². The van der Waals surface area contributed by atoms with Crippen LogP contribution in [-0.2, 0) is 38.4 Å². The van der Waals surface area contributed by atoms with Gasteiger partial charge < -0.3 is 47.4 Å². The van der Waals surface area contributed by atoms with E-state index in [4.69, 9.17) is 11.5 Å². The molecule has 5 rings (SSSR count). The molecule has 318 valence electrons. The number of nitrogens with two attached hydrogens (primary N) is 2. The molecule has 2 aliphatic heterocycles. The smallest absolute Gasteiger partial charge is 0.326 e. The van der Waals surface area contributed by atoms with Crippen LogP contribution in [0.2, 0.25) is 0 Å². The zero-order chi connectivity index (χ0) is 43.8. The summed E-state index contributed by atoms with van der Waals surface area (Å²) in [6.07, 6.45) is -1.38. The number of Topliss-reactive ketones (excluding diaryl/α,β-unsaturated/α-hetero) is 2. The molecular weight excluding hydrogens is 786 g/mol. The van der Waals surface area contributed by atoms with Crippen LogP contribution in [0.25, 0.3) is 11.1 Å². The number of hydrogen-bond acceptors (Lipinski definition) is 11. The van der Waals surface area contributed by atoms with Crippen LogP contribution in [0.1, 0.15) is 95.3 Å². The fourth-order valence-electron chi connectivity index (χ4n) is 7.66. The molecule has 0 saturated carbocycles. The monoisotopic (exact) mass is 831 g/mol. The van der Waals surface area contributed by atoms with E-state index in [0.29, 0.717) is 24.0 Å². The molecule has 20 nitrogen and oxygen atoms in total. The highest BCUT2D eigenvalue weighted by atomic mass is 16.4. The fourth-order valence-corrected chi connectivity index (χ4v) is 7.66. The number of carbonyl (C=O) groups excluding carboxylic acids is 9. The number of rotatable bonds is 18. The number of benzene rings is 2. The van der Waals surface area contributed by atoms with Gasteiger partial charge in [0.25, 0.3) is 5.91 Å². The zero-order valence-corrected chi connectivity index (χ0v) is 32.3. The van der Waals surface area contributed by atoms with E-state index in [0.717, 1.165) is 9.80 Å². The molecule has 0 radical (unpaired) electrons. The van der Waals surface area contributed by atoms with Crippen LogP contribution >= 0.6 is 0 Å². The second-order valence-electron chi connectivity index (χ2n) is 14.8. The predicted octanol–water partition coefficient (Wildman–Crippen LogP) is -0.737. The van der Waals surface area contributed by atoms with Crippen molar-refractivity contribution in [3.63, 3.8) is 0 Å². The standard InChI is InChI=1S/C40H45N7O13/c41-30(48)14-11-26(38(57)46-17-3-7-28(46)37(56)45-27(12-15-31(42)49)39(58)47-18-4-8-29(47)40(59)60)44-36(55)25(13-16-32(50)51)43-35(54)20-9-10-23-24(19-20)21-5-1-2-6-22(21)33(52)34(23)53/h1-2,5-6,9-10,19,25-29H,3-4,7-8,11-18H2,(H2,41,48)(H2,42,49)(H,43,54)(H,44,55)(H,45,56)(H,50,51)(H,59,60)/t25-,26-,27-,28-,29-/m0/s1. The van der Waals surface area contributed by atoms with E-state index < -0.39 is 114 Å². The number of primary amides is 2. The van der Waals surface area contributed by atoms with E-state index in [1.807, 2.05) is 0 Å². The van der Waals surface area contributed by atoms with E-state index in [1.54, 1.807) is 18.2 Å². The van der Waals surface area contributed by atoms with E-state index in [9.17, 15) is 63.0 Å². The SMILES string of the molecule is NC(=O)CC[C@H](NC(=O)[C@@H]1CCCN1C(=O)[C@H](CCC(N)=O)NC(=O)[C@H](CCC(=O)O)NC(=O)c1ccc2c(c1)-c1ccccc1C(=O)C2=O)C(=O)N1CCC[C@H]1C(=O)O. The average molecular weight is 832 g/mol. The molecule has 7 amide bonds. The maximum atomic E-state index is 14.1. The lowest BCUT2D eigenvalue weighted by molar-refractivity contribution is -0.150. The number of amides is 7. The molecule has 9 N–H and O–H groups in total. The van der Waals surface area contributed by atoms with Crippen LogP contribution in [0.4, 0.5) is 0 Å². The van der Waals surface area contributed by atoms with E-state index in [-0.39, 0.29) is 61.9 Å². The minimum atomic E-state index is -1.56. The molecule has 1 aliphatic carbocycles. The molecule has 5 atom stereocenters. The van der Waals surface area contributed by atoms with Gasteiger partial charge in [-0.3, -0.25) is 47.9 Å². The summed E-state index contributed by atoms with van der Waals surface area (Å²) in [5.74, 6) is -9.87. The molecule has 20 heteroatoms. The predicted molar refractivity (Wildman–Crippen MR) is 206 cm³/mol. The van der Waals surface area contributed by atoms with Crippen LogP contribution in [0.3, 0.4) is 0 Å². The molecule has 2 aromatic carbocycles. The number of nitrogens with one attached hydrogen (secondary N) is 3. The first kappa shape index (κ1) is 44.1. The van der Waals surface area contributed by atoms with Gasteiger partial charge in [-0.05, 0) is 74.3 Å². The Morgan fingerprint density at radius 1 is 0.633 bits per heavy atom.